The molecule has 1 heterocycles. The molecule has 3 rings (SSSR count). The second-order valence-electron chi connectivity index (χ2n) is 6.73. The van der Waals surface area contributed by atoms with Gasteiger partial charge in [0.05, 0.1) is 5.41 Å². The number of thioether (sulfide) groups is 1. The maximum Gasteiger partial charge on any atom is 0.310 e. The largest absolute Gasteiger partial charge is 0.481 e. The Hall–Kier alpha value is -1.49. The molecule has 1 aliphatic heterocycles. The maximum atomic E-state index is 12.4. The third kappa shape index (κ3) is 3.71. The highest BCUT2D eigenvalue weighted by molar-refractivity contribution is 7.99. The molecule has 1 aromatic rings. The summed E-state index contributed by atoms with van der Waals surface area (Å²) in [7, 11) is 0. The lowest BCUT2D eigenvalue weighted by Gasteiger charge is -2.38. The summed E-state index contributed by atoms with van der Waals surface area (Å²) in [5.41, 5.74) is -0.770. The fraction of sp³-hybridized carbons (Fsp3) is 0.556. The topological polar surface area (TPSA) is 57.6 Å². The van der Waals surface area contributed by atoms with Gasteiger partial charge in [0.1, 0.15) is 0 Å². The zero-order valence-electron chi connectivity index (χ0n) is 13.2. The molecule has 0 spiro atoms. The quantitative estimate of drug-likeness (QED) is 0.812. The van der Waals surface area contributed by atoms with E-state index >= 15 is 0 Å². The summed E-state index contributed by atoms with van der Waals surface area (Å²) in [6.07, 6.45) is 3.42. The number of hydrogen-bond donors (Lipinski definition) is 1. The zero-order chi connectivity index (χ0) is 16.3. The van der Waals surface area contributed by atoms with Gasteiger partial charge in [-0.2, -0.15) is 0 Å². The number of carboxylic acid groups (broad SMARTS) is 1. The van der Waals surface area contributed by atoms with Crippen LogP contribution in [0.15, 0.2) is 35.2 Å². The van der Waals surface area contributed by atoms with Crippen molar-refractivity contribution in [3.05, 3.63) is 30.3 Å². The molecule has 0 bridgehead atoms. The summed E-state index contributed by atoms with van der Waals surface area (Å²) < 4.78 is 0. The molecule has 124 valence electrons. The predicted molar refractivity (Wildman–Crippen MR) is 90.4 cm³/mol. The molecule has 1 saturated heterocycles. The van der Waals surface area contributed by atoms with Gasteiger partial charge < -0.3 is 10.0 Å². The van der Waals surface area contributed by atoms with Crippen LogP contribution in [-0.2, 0) is 9.59 Å². The van der Waals surface area contributed by atoms with Crippen molar-refractivity contribution in [2.24, 2.45) is 11.3 Å². The molecule has 1 aliphatic carbocycles. The van der Waals surface area contributed by atoms with Crippen molar-refractivity contribution in [1.82, 2.24) is 4.90 Å². The molecule has 4 nitrogen and oxygen atoms in total. The Labute approximate surface area is 141 Å². The van der Waals surface area contributed by atoms with E-state index in [1.165, 1.54) is 4.90 Å². The molecular formula is C18H23NO3S. The minimum Gasteiger partial charge on any atom is -0.481 e. The summed E-state index contributed by atoms with van der Waals surface area (Å²) in [6, 6.07) is 10.3. The molecule has 2 aliphatic rings. The van der Waals surface area contributed by atoms with Crippen molar-refractivity contribution in [2.45, 2.75) is 37.0 Å². The van der Waals surface area contributed by atoms with Gasteiger partial charge in [0.15, 0.2) is 0 Å². The van der Waals surface area contributed by atoms with E-state index in [4.69, 9.17) is 0 Å². The second kappa shape index (κ2) is 6.95. The van der Waals surface area contributed by atoms with E-state index in [9.17, 15) is 14.7 Å². The smallest absolute Gasteiger partial charge is 0.310 e. The number of rotatable bonds is 6. The lowest BCUT2D eigenvalue weighted by molar-refractivity contribution is -0.159. The van der Waals surface area contributed by atoms with Gasteiger partial charge in [-0.3, -0.25) is 9.59 Å². The Morgan fingerprint density at radius 3 is 2.61 bits per heavy atom. The lowest BCUT2D eigenvalue weighted by Crippen LogP contribution is -2.43. The van der Waals surface area contributed by atoms with Gasteiger partial charge in [-0.1, -0.05) is 24.6 Å². The first-order valence-electron chi connectivity index (χ1n) is 8.28. The highest BCUT2D eigenvalue weighted by Gasteiger charge is 2.47. The maximum absolute atomic E-state index is 12.4. The highest BCUT2D eigenvalue weighted by atomic mass is 32.2. The Kier molecular flexibility index (Phi) is 4.95. The monoisotopic (exact) mass is 333 g/mol. The van der Waals surface area contributed by atoms with Gasteiger partial charge in [-0.05, 0) is 37.3 Å². The number of carboxylic acids is 1. The van der Waals surface area contributed by atoms with Gasteiger partial charge in [0.25, 0.3) is 0 Å². The first-order valence-corrected chi connectivity index (χ1v) is 9.27. The van der Waals surface area contributed by atoms with Gasteiger partial charge >= 0.3 is 5.97 Å². The number of carbonyl (C=O) groups excluding carboxylic acids is 1. The van der Waals surface area contributed by atoms with Gasteiger partial charge in [0.2, 0.25) is 5.91 Å². The van der Waals surface area contributed by atoms with Crippen molar-refractivity contribution < 1.29 is 14.7 Å². The van der Waals surface area contributed by atoms with Gasteiger partial charge in [-0.15, -0.1) is 11.8 Å². The summed E-state index contributed by atoms with van der Waals surface area (Å²) >= 11 is 1.83. The molecule has 1 N–H and O–H groups in total. The van der Waals surface area contributed by atoms with Crippen LogP contribution in [0.5, 0.6) is 0 Å². The average Bonchev–Trinajstić information content (AvgIpc) is 2.98. The number of likely N-dealkylation sites (tertiary alicyclic amines) is 1. The molecule has 1 atom stereocenters. The van der Waals surface area contributed by atoms with Crippen molar-refractivity contribution in [3.63, 3.8) is 0 Å². The lowest BCUT2D eigenvalue weighted by atomic mass is 9.66. The number of carbonyl (C=O) groups is 2. The van der Waals surface area contributed by atoms with E-state index in [1.54, 1.807) is 0 Å². The zero-order valence-corrected chi connectivity index (χ0v) is 14.1. The van der Waals surface area contributed by atoms with Gasteiger partial charge in [0, 0.05) is 30.2 Å². The number of nitrogens with zero attached hydrogens (tertiary/aromatic N) is 1. The van der Waals surface area contributed by atoms with Crippen molar-refractivity contribution >= 4 is 23.6 Å². The molecule has 1 amide bonds. The summed E-state index contributed by atoms with van der Waals surface area (Å²) in [5, 5.41) is 9.36. The molecule has 5 heteroatoms. The Morgan fingerprint density at radius 2 is 2.00 bits per heavy atom. The SMILES string of the molecule is O=C(CC1(C(=O)O)CCC1)N1CCC(CSc2ccccc2)C1. The van der Waals surface area contributed by atoms with Crippen molar-refractivity contribution in [1.29, 1.82) is 0 Å². The van der Waals surface area contributed by atoms with Crippen molar-refractivity contribution in [2.75, 3.05) is 18.8 Å². The van der Waals surface area contributed by atoms with E-state index in [-0.39, 0.29) is 12.3 Å². The molecule has 1 saturated carbocycles. The van der Waals surface area contributed by atoms with Crippen LogP contribution in [0.25, 0.3) is 0 Å². The molecule has 2 fully saturated rings. The Bertz CT molecular complexity index is 571. The van der Waals surface area contributed by atoms with Crippen LogP contribution < -0.4 is 0 Å². The minimum absolute atomic E-state index is 0.0271. The standard InChI is InChI=1S/C18H23NO3S/c20-16(11-18(17(21)22)8-4-9-18)19-10-7-14(12-19)13-23-15-5-2-1-3-6-15/h1-3,5-6,14H,4,7-13H2,(H,21,22). The van der Waals surface area contributed by atoms with Gasteiger partial charge in [-0.25, -0.2) is 0 Å². The number of aliphatic carboxylic acids is 1. The van der Waals surface area contributed by atoms with E-state index < -0.39 is 11.4 Å². The predicted octanol–water partition coefficient (Wildman–Crippen LogP) is 3.27. The fourth-order valence-corrected chi connectivity index (χ4v) is 4.45. The summed E-state index contributed by atoms with van der Waals surface area (Å²) in [5.74, 6) is 0.746. The summed E-state index contributed by atoms with van der Waals surface area (Å²) in [6.45, 7) is 1.54. The van der Waals surface area contributed by atoms with Crippen LogP contribution in [0.3, 0.4) is 0 Å². The van der Waals surface area contributed by atoms with Crippen LogP contribution in [0.2, 0.25) is 0 Å². The van der Waals surface area contributed by atoms with Crippen LogP contribution in [0, 0.1) is 11.3 Å². The number of benzene rings is 1. The molecule has 1 aromatic carbocycles. The summed E-state index contributed by atoms with van der Waals surface area (Å²) in [4.78, 5) is 27.0. The first kappa shape index (κ1) is 16.4. The molecule has 1 unspecified atom stereocenters. The normalized spacial score (nSPS) is 22.6. The average molecular weight is 333 g/mol. The van der Waals surface area contributed by atoms with Crippen LogP contribution in [0.1, 0.15) is 32.1 Å². The number of hydrogen-bond acceptors (Lipinski definition) is 3. The molecule has 0 radical (unpaired) electrons. The van der Waals surface area contributed by atoms with E-state index in [1.807, 2.05) is 34.9 Å². The van der Waals surface area contributed by atoms with E-state index in [0.717, 1.165) is 31.7 Å². The van der Waals surface area contributed by atoms with Crippen molar-refractivity contribution in [3.8, 4) is 0 Å². The third-order valence-electron chi connectivity index (χ3n) is 5.12. The van der Waals surface area contributed by atoms with Crippen LogP contribution in [-0.4, -0.2) is 40.7 Å². The van der Waals surface area contributed by atoms with E-state index in [2.05, 4.69) is 12.1 Å². The van der Waals surface area contributed by atoms with Crippen LogP contribution in [0.4, 0.5) is 0 Å². The fourth-order valence-electron chi connectivity index (χ4n) is 3.40. The molecular weight excluding hydrogens is 310 g/mol. The Balaban J connectivity index is 1.47. The molecule has 23 heavy (non-hydrogen) atoms. The van der Waals surface area contributed by atoms with Crippen LogP contribution >= 0.6 is 11.8 Å². The third-order valence-corrected chi connectivity index (χ3v) is 6.36. The first-order chi connectivity index (χ1) is 11.1. The second-order valence-corrected chi connectivity index (χ2v) is 7.83. The highest BCUT2D eigenvalue weighted by Crippen LogP contribution is 2.44. The minimum atomic E-state index is -0.799. The molecule has 0 aromatic heterocycles. The van der Waals surface area contributed by atoms with E-state index in [0.29, 0.717) is 18.8 Å². The number of amides is 1. The Morgan fingerprint density at radius 1 is 1.26 bits per heavy atom.